The average molecular weight is 526 g/mol. The van der Waals surface area contributed by atoms with Crippen LogP contribution < -0.4 is 0 Å². The molecule has 0 aliphatic carbocycles. The van der Waals surface area contributed by atoms with E-state index in [0.29, 0.717) is 0 Å². The highest BCUT2D eigenvalue weighted by Crippen LogP contribution is 2.53. The van der Waals surface area contributed by atoms with Crippen LogP contribution >= 0.6 is 15.4 Å². The minimum absolute atomic E-state index is 0.0735. The zero-order valence-corrected chi connectivity index (χ0v) is 23.8. The van der Waals surface area contributed by atoms with Crippen LogP contribution in [0.15, 0.2) is 0 Å². The summed E-state index contributed by atoms with van der Waals surface area (Å²) in [4.78, 5) is 10.4. The van der Waals surface area contributed by atoms with Gasteiger partial charge in [0.1, 0.15) is 40.1 Å². The van der Waals surface area contributed by atoms with E-state index in [9.17, 15) is 14.0 Å². The number of phosphoric ester groups is 1. The molecule has 0 amide bonds. The van der Waals surface area contributed by atoms with Crippen molar-refractivity contribution in [2.24, 2.45) is 5.92 Å². The quantitative estimate of drug-likeness (QED) is 0.419. The van der Waals surface area contributed by atoms with Crippen LogP contribution in [0.4, 0.5) is 0 Å². The zero-order valence-electron chi connectivity index (χ0n) is 21.0. The molecule has 3 heterocycles. The Morgan fingerprint density at radius 3 is 2.12 bits per heavy atom. The van der Waals surface area contributed by atoms with Crippen LogP contribution in [0, 0.1) is 5.92 Å². The van der Waals surface area contributed by atoms with Crippen molar-refractivity contribution in [1.82, 2.24) is 0 Å². The molecule has 190 valence electrons. The molecule has 0 radical (unpaired) electrons. The van der Waals surface area contributed by atoms with Crippen LogP contribution in [0.5, 0.6) is 0 Å². The summed E-state index contributed by atoms with van der Waals surface area (Å²) in [6.45, 7) is 13.4. The van der Waals surface area contributed by atoms with Gasteiger partial charge in [-0.3, -0.25) is 18.1 Å². The van der Waals surface area contributed by atoms with E-state index in [1.54, 1.807) is 0 Å². The summed E-state index contributed by atoms with van der Waals surface area (Å²) in [6, 6.07) is -0.651. The Morgan fingerprint density at radius 2 is 1.52 bits per heavy atom. The van der Waals surface area contributed by atoms with Gasteiger partial charge in [0, 0.05) is 18.6 Å². The summed E-state index contributed by atoms with van der Waals surface area (Å²) in [5, 5.41) is -0.0735. The first-order valence-corrected chi connectivity index (χ1v) is 17.9. The zero-order chi connectivity index (χ0) is 25.0. The first-order chi connectivity index (χ1) is 14.9. The fourth-order valence-electron chi connectivity index (χ4n) is 4.04. The van der Waals surface area contributed by atoms with Gasteiger partial charge in [-0.2, -0.15) is 0 Å². The van der Waals surface area contributed by atoms with Gasteiger partial charge >= 0.3 is 15.4 Å². The number of fused-ring (bicyclic) bond motifs is 2. The van der Waals surface area contributed by atoms with Gasteiger partial charge in [-0.25, -0.2) is 4.57 Å². The molecule has 0 saturated carbocycles. The van der Waals surface area contributed by atoms with Gasteiger partial charge in [-0.05, 0) is 18.1 Å². The molecule has 3 aliphatic heterocycles. The standard InChI is InChI=1S/C18H38B2O10P2Si/c1-10-13-11(26-16(10)19)8-24-31(5,21)28-14-12(9-25-32(22,23)29-13)27-17(20)15(14)30-33(6,7)18(2,3)4/h10-17H,8-9,19-20H2,1-7H3,(H,22,23)/t10?,11-,12-,13-,14?,15+,16-,17-,31?/m1/s1. The third-order valence-corrected chi connectivity index (χ3v) is 13.9. The van der Waals surface area contributed by atoms with Crippen LogP contribution in [0.3, 0.4) is 0 Å². The molecule has 10 atom stereocenters. The van der Waals surface area contributed by atoms with Crippen molar-refractivity contribution >= 4 is 39.4 Å². The van der Waals surface area contributed by atoms with Gasteiger partial charge in [-0.1, -0.05) is 27.7 Å². The van der Waals surface area contributed by atoms with Gasteiger partial charge in [0.15, 0.2) is 8.32 Å². The van der Waals surface area contributed by atoms with E-state index in [-0.39, 0.29) is 30.2 Å². The van der Waals surface area contributed by atoms with Gasteiger partial charge in [0.05, 0.1) is 25.3 Å². The minimum Gasteiger partial charge on any atom is -0.409 e. The molecule has 10 nitrogen and oxygen atoms in total. The molecule has 4 unspecified atom stereocenters. The van der Waals surface area contributed by atoms with Gasteiger partial charge in [0.2, 0.25) is 0 Å². The number of hydrogen-bond acceptors (Lipinski definition) is 9. The number of rotatable bonds is 2. The third-order valence-electron chi connectivity index (χ3n) is 7.24. The molecule has 0 bridgehead atoms. The Bertz CT molecular complexity index is 812. The van der Waals surface area contributed by atoms with Crippen molar-refractivity contribution in [3.63, 3.8) is 0 Å². The maximum Gasteiger partial charge on any atom is 0.472 e. The molecule has 3 saturated heterocycles. The predicted molar refractivity (Wildman–Crippen MR) is 131 cm³/mol. The molecular formula is C18H38B2O10P2Si. The SMILES string of the molecule is B[C@@H]1O[C@@H]2COP(C)(=O)OC3[C@@H](COP(=O)(O)O[C@@H]2C1C)O[C@@H](B)[C@H]3O[Si](C)(C)C(C)(C)C. The maximum absolute atomic E-state index is 13.3. The van der Waals surface area contributed by atoms with E-state index in [1.165, 1.54) is 6.66 Å². The highest BCUT2D eigenvalue weighted by atomic mass is 31.2. The topological polar surface area (TPSA) is 119 Å². The molecule has 0 aromatic heterocycles. The Kier molecular flexibility index (Phi) is 8.29. The monoisotopic (exact) mass is 526 g/mol. The lowest BCUT2D eigenvalue weighted by Gasteiger charge is -2.40. The highest BCUT2D eigenvalue weighted by molar-refractivity contribution is 7.53. The second-order valence-electron chi connectivity index (χ2n) is 10.9. The number of phosphoric acid groups is 1. The van der Waals surface area contributed by atoms with E-state index < -0.39 is 60.3 Å². The molecule has 1 N–H and O–H groups in total. The minimum atomic E-state index is -4.43. The lowest BCUT2D eigenvalue weighted by molar-refractivity contribution is -0.0372. The molecule has 33 heavy (non-hydrogen) atoms. The van der Waals surface area contributed by atoms with Crippen LogP contribution in [-0.2, 0) is 41.1 Å². The van der Waals surface area contributed by atoms with Crippen molar-refractivity contribution in [3.8, 4) is 0 Å². The van der Waals surface area contributed by atoms with Crippen molar-refractivity contribution in [3.05, 3.63) is 0 Å². The van der Waals surface area contributed by atoms with Gasteiger partial charge in [-0.15, -0.1) is 0 Å². The van der Waals surface area contributed by atoms with E-state index in [1.807, 2.05) is 22.6 Å². The normalized spacial score (nSPS) is 47.9. The van der Waals surface area contributed by atoms with E-state index in [4.69, 9.17) is 32.0 Å². The molecule has 3 fully saturated rings. The van der Waals surface area contributed by atoms with E-state index in [0.717, 1.165) is 0 Å². The summed E-state index contributed by atoms with van der Waals surface area (Å²) in [5.41, 5.74) is 0. The van der Waals surface area contributed by atoms with Crippen LogP contribution in [0.25, 0.3) is 0 Å². The first kappa shape index (κ1) is 28.1. The lowest BCUT2D eigenvalue weighted by atomic mass is 9.86. The molecule has 0 spiro atoms. The highest BCUT2D eigenvalue weighted by Gasteiger charge is 2.52. The Hall–Kier alpha value is 0.487. The van der Waals surface area contributed by atoms with Gasteiger partial charge < -0.3 is 23.3 Å². The Morgan fingerprint density at radius 1 is 0.970 bits per heavy atom. The van der Waals surface area contributed by atoms with E-state index >= 15 is 0 Å². The molecule has 3 aliphatic rings. The van der Waals surface area contributed by atoms with Crippen molar-refractivity contribution in [1.29, 1.82) is 0 Å². The molecule has 15 heteroatoms. The molecule has 0 aromatic carbocycles. The van der Waals surface area contributed by atoms with Gasteiger partial charge in [0.25, 0.3) is 0 Å². The van der Waals surface area contributed by atoms with Crippen LogP contribution in [-0.4, -0.2) is 91.3 Å². The maximum atomic E-state index is 13.3. The van der Waals surface area contributed by atoms with Crippen LogP contribution in [0.1, 0.15) is 27.7 Å². The largest absolute Gasteiger partial charge is 0.472 e. The fraction of sp³-hybridized carbons (Fsp3) is 1.00. The van der Waals surface area contributed by atoms with Crippen molar-refractivity contribution < 1.29 is 46.0 Å². The van der Waals surface area contributed by atoms with Crippen LogP contribution in [0.2, 0.25) is 18.1 Å². The molecule has 0 aromatic rings. The lowest BCUT2D eigenvalue weighted by Crippen LogP contribution is -2.50. The Balaban J connectivity index is 1.88. The smallest absolute Gasteiger partial charge is 0.409 e. The summed E-state index contributed by atoms with van der Waals surface area (Å²) in [6.07, 6.45) is -3.60. The fourth-order valence-corrected chi connectivity index (χ4v) is 7.61. The predicted octanol–water partition coefficient (Wildman–Crippen LogP) is 1.47. The number of ether oxygens (including phenoxy) is 2. The number of hydrogen-bond donors (Lipinski definition) is 1. The second-order valence-corrected chi connectivity index (χ2v) is 19.1. The van der Waals surface area contributed by atoms with Crippen molar-refractivity contribution in [2.75, 3.05) is 19.9 Å². The summed E-state index contributed by atoms with van der Waals surface area (Å²) >= 11 is 0. The second kappa shape index (κ2) is 9.75. The molecular weight excluding hydrogens is 488 g/mol. The summed E-state index contributed by atoms with van der Waals surface area (Å²) in [5.74, 6) is -0.194. The third kappa shape index (κ3) is 6.44. The summed E-state index contributed by atoms with van der Waals surface area (Å²) in [7, 11) is -6.57. The summed E-state index contributed by atoms with van der Waals surface area (Å²) < 4.78 is 67.0. The Labute approximate surface area is 199 Å². The van der Waals surface area contributed by atoms with E-state index in [2.05, 4.69) is 33.9 Å². The first-order valence-electron chi connectivity index (χ1n) is 11.5. The molecule has 3 rings (SSSR count). The van der Waals surface area contributed by atoms with Crippen molar-refractivity contribution in [2.45, 2.75) is 88.4 Å². The average Bonchev–Trinajstić information content (AvgIpc) is 3.07.